The Morgan fingerprint density at radius 1 is 0.966 bits per heavy atom. The van der Waals surface area contributed by atoms with Gasteiger partial charge in [0, 0.05) is 23.2 Å². The molecule has 144 valence electrons. The third-order valence-electron chi connectivity index (χ3n) is 4.77. The van der Waals surface area contributed by atoms with Gasteiger partial charge < -0.3 is 19.3 Å². The van der Waals surface area contributed by atoms with Gasteiger partial charge in [-0.1, -0.05) is 18.2 Å². The van der Waals surface area contributed by atoms with Crippen molar-refractivity contribution in [3.8, 4) is 23.1 Å². The number of pyridine rings is 2. The highest BCUT2D eigenvalue weighted by Crippen LogP contribution is 2.37. The molecule has 0 bridgehead atoms. The summed E-state index contributed by atoms with van der Waals surface area (Å²) in [6.45, 7) is 0.246. The Morgan fingerprint density at radius 3 is 2.79 bits per heavy atom. The van der Waals surface area contributed by atoms with Gasteiger partial charge in [0.05, 0.1) is 11.7 Å². The molecule has 0 aliphatic carbocycles. The Hall–Kier alpha value is -3.64. The van der Waals surface area contributed by atoms with Crippen LogP contribution >= 0.6 is 0 Å². The lowest BCUT2D eigenvalue weighted by molar-refractivity contribution is -0.0105. The number of nitrogens with zero attached hydrogens (tertiary/aromatic N) is 2. The summed E-state index contributed by atoms with van der Waals surface area (Å²) in [5, 5.41) is 11.9. The first-order valence-corrected chi connectivity index (χ1v) is 9.31. The molecule has 0 spiro atoms. The molecule has 2 unspecified atom stereocenters. The van der Waals surface area contributed by atoms with Gasteiger partial charge in [0.15, 0.2) is 6.10 Å². The van der Waals surface area contributed by atoms with Crippen LogP contribution in [-0.4, -0.2) is 27.8 Å². The van der Waals surface area contributed by atoms with Crippen LogP contribution in [0.2, 0.25) is 0 Å². The van der Waals surface area contributed by atoms with E-state index in [0.717, 1.165) is 10.9 Å². The maximum absolute atomic E-state index is 10.8. The zero-order valence-electron chi connectivity index (χ0n) is 15.4. The van der Waals surface area contributed by atoms with Crippen LogP contribution in [0.5, 0.6) is 23.1 Å². The zero-order valence-corrected chi connectivity index (χ0v) is 15.4. The van der Waals surface area contributed by atoms with Gasteiger partial charge in [0.1, 0.15) is 30.0 Å². The average molecular weight is 386 g/mol. The van der Waals surface area contributed by atoms with E-state index in [4.69, 9.17) is 14.2 Å². The van der Waals surface area contributed by atoms with Gasteiger partial charge in [0.25, 0.3) is 0 Å². The first kappa shape index (κ1) is 17.5. The van der Waals surface area contributed by atoms with E-state index in [9.17, 15) is 5.11 Å². The van der Waals surface area contributed by atoms with Crippen molar-refractivity contribution in [2.45, 2.75) is 12.2 Å². The van der Waals surface area contributed by atoms with Crippen LogP contribution in [0.15, 0.2) is 79.1 Å². The predicted octanol–water partition coefficient (Wildman–Crippen LogP) is 4.30. The van der Waals surface area contributed by atoms with E-state index in [1.54, 1.807) is 42.7 Å². The fourth-order valence-electron chi connectivity index (χ4n) is 3.33. The van der Waals surface area contributed by atoms with Gasteiger partial charge in [-0.2, -0.15) is 0 Å². The minimum Gasteiger partial charge on any atom is -0.489 e. The Kier molecular flexibility index (Phi) is 4.46. The summed E-state index contributed by atoms with van der Waals surface area (Å²) in [7, 11) is 0. The third-order valence-corrected chi connectivity index (χ3v) is 4.77. The molecule has 1 aliphatic rings. The zero-order chi connectivity index (χ0) is 19.6. The molecule has 2 atom stereocenters. The number of ether oxygens (including phenoxy) is 3. The van der Waals surface area contributed by atoms with Gasteiger partial charge in [-0.3, -0.25) is 4.98 Å². The molecule has 2 aromatic carbocycles. The van der Waals surface area contributed by atoms with Crippen LogP contribution in [0.4, 0.5) is 0 Å². The number of benzene rings is 2. The number of fused-ring (bicyclic) bond motifs is 2. The van der Waals surface area contributed by atoms with Crippen molar-refractivity contribution in [1.29, 1.82) is 0 Å². The Labute approximate surface area is 167 Å². The van der Waals surface area contributed by atoms with Crippen LogP contribution in [-0.2, 0) is 0 Å². The van der Waals surface area contributed by atoms with Crippen molar-refractivity contribution < 1.29 is 19.3 Å². The lowest BCUT2D eigenvalue weighted by atomic mass is 10.0. The largest absolute Gasteiger partial charge is 0.489 e. The van der Waals surface area contributed by atoms with Crippen molar-refractivity contribution in [1.82, 2.24) is 9.97 Å². The molecule has 1 aliphatic heterocycles. The Bertz CT molecular complexity index is 1150. The van der Waals surface area contributed by atoms with E-state index >= 15 is 0 Å². The van der Waals surface area contributed by atoms with Crippen LogP contribution in [0, 0.1) is 0 Å². The monoisotopic (exact) mass is 386 g/mol. The molecule has 6 nitrogen and oxygen atoms in total. The summed E-state index contributed by atoms with van der Waals surface area (Å²) in [6.07, 6.45) is 1.88. The molecule has 0 saturated heterocycles. The number of aromatic nitrogens is 2. The molecular formula is C23H18N2O4. The van der Waals surface area contributed by atoms with Gasteiger partial charge in [-0.15, -0.1) is 0 Å². The first-order valence-electron chi connectivity index (χ1n) is 9.31. The number of aliphatic hydroxyl groups is 1. The molecule has 29 heavy (non-hydrogen) atoms. The van der Waals surface area contributed by atoms with E-state index in [0.29, 0.717) is 28.7 Å². The normalized spacial score (nSPS) is 18.0. The fourth-order valence-corrected chi connectivity index (χ4v) is 3.33. The highest BCUT2D eigenvalue weighted by molar-refractivity contribution is 5.78. The van der Waals surface area contributed by atoms with Crippen molar-refractivity contribution in [3.05, 3.63) is 84.7 Å². The van der Waals surface area contributed by atoms with Crippen molar-refractivity contribution >= 4 is 10.9 Å². The summed E-state index contributed by atoms with van der Waals surface area (Å²) < 4.78 is 17.5. The molecule has 0 saturated carbocycles. The summed E-state index contributed by atoms with van der Waals surface area (Å²) in [6, 6.07) is 20.5. The summed E-state index contributed by atoms with van der Waals surface area (Å²) in [5.74, 6) is 2.24. The molecule has 0 radical (unpaired) electrons. The lowest BCUT2D eigenvalue weighted by Gasteiger charge is -2.30. The summed E-state index contributed by atoms with van der Waals surface area (Å²) in [4.78, 5) is 8.55. The second-order valence-electron chi connectivity index (χ2n) is 6.74. The van der Waals surface area contributed by atoms with Crippen molar-refractivity contribution in [3.63, 3.8) is 0 Å². The number of hydrogen-bond donors (Lipinski definition) is 1. The van der Waals surface area contributed by atoms with Gasteiger partial charge in [-0.05, 0) is 42.5 Å². The Morgan fingerprint density at radius 2 is 1.90 bits per heavy atom. The third kappa shape index (κ3) is 3.58. The van der Waals surface area contributed by atoms with Gasteiger partial charge >= 0.3 is 0 Å². The minimum atomic E-state index is -0.855. The van der Waals surface area contributed by atoms with Gasteiger partial charge in [-0.25, -0.2) is 4.98 Å². The van der Waals surface area contributed by atoms with E-state index in [-0.39, 0.29) is 6.61 Å². The van der Waals surface area contributed by atoms with Crippen LogP contribution < -0.4 is 14.2 Å². The number of aliphatic hydroxyl groups excluding tert-OH is 1. The second-order valence-corrected chi connectivity index (χ2v) is 6.74. The molecule has 5 rings (SSSR count). The number of rotatable bonds is 4. The topological polar surface area (TPSA) is 73.7 Å². The average Bonchev–Trinajstić information content (AvgIpc) is 2.77. The smallest absolute Gasteiger partial charge is 0.219 e. The molecule has 0 fully saturated rings. The molecular weight excluding hydrogens is 368 g/mol. The van der Waals surface area contributed by atoms with Crippen LogP contribution in [0.3, 0.4) is 0 Å². The highest BCUT2D eigenvalue weighted by atomic mass is 16.5. The van der Waals surface area contributed by atoms with E-state index in [1.165, 1.54) is 0 Å². The second kappa shape index (κ2) is 7.41. The van der Waals surface area contributed by atoms with E-state index in [1.807, 2.05) is 36.4 Å². The fraction of sp³-hybridized carbons (Fsp3) is 0.130. The number of para-hydroxylation sites is 1. The molecule has 3 heterocycles. The number of hydrogen-bond acceptors (Lipinski definition) is 6. The molecule has 0 amide bonds. The minimum absolute atomic E-state index is 0.246. The summed E-state index contributed by atoms with van der Waals surface area (Å²) >= 11 is 0. The van der Waals surface area contributed by atoms with Crippen LogP contribution in [0.1, 0.15) is 11.7 Å². The maximum Gasteiger partial charge on any atom is 0.219 e. The quantitative estimate of drug-likeness (QED) is 0.564. The highest BCUT2D eigenvalue weighted by Gasteiger charge is 2.31. The molecule has 6 heteroatoms. The predicted molar refractivity (Wildman–Crippen MR) is 107 cm³/mol. The van der Waals surface area contributed by atoms with Crippen molar-refractivity contribution in [2.24, 2.45) is 0 Å². The standard InChI is InChI=1S/C23H18N2O4/c26-23-18-12-16(29-22-10-7-15-4-1-2-6-19(15)25-22)8-9-20(18)27-14-21(23)28-17-5-3-11-24-13-17/h1-13,21,23,26H,14H2. The van der Waals surface area contributed by atoms with Crippen molar-refractivity contribution in [2.75, 3.05) is 6.61 Å². The maximum atomic E-state index is 10.8. The molecule has 4 aromatic rings. The van der Waals surface area contributed by atoms with E-state index < -0.39 is 12.2 Å². The lowest BCUT2D eigenvalue weighted by Crippen LogP contribution is -2.35. The summed E-state index contributed by atoms with van der Waals surface area (Å²) in [5.41, 5.74) is 1.47. The van der Waals surface area contributed by atoms with Gasteiger partial charge in [0.2, 0.25) is 5.88 Å². The van der Waals surface area contributed by atoms with E-state index in [2.05, 4.69) is 9.97 Å². The first-order chi connectivity index (χ1) is 14.3. The molecule has 1 N–H and O–H groups in total. The SMILES string of the molecule is OC1c2cc(Oc3ccc4ccccc4n3)ccc2OCC1Oc1cccnc1. The van der Waals surface area contributed by atoms with Crippen LogP contribution in [0.25, 0.3) is 10.9 Å². The Balaban J connectivity index is 1.38. The molecule has 2 aromatic heterocycles.